The van der Waals surface area contributed by atoms with E-state index < -0.39 is 0 Å². The smallest absolute Gasteiger partial charge is 0.238 e. The van der Waals surface area contributed by atoms with Crippen molar-refractivity contribution in [1.82, 2.24) is 4.90 Å². The fourth-order valence-corrected chi connectivity index (χ4v) is 2.01. The van der Waals surface area contributed by atoms with Crippen LogP contribution in [0.3, 0.4) is 0 Å². The van der Waals surface area contributed by atoms with Gasteiger partial charge in [-0.1, -0.05) is 13.3 Å². The van der Waals surface area contributed by atoms with Crippen LogP contribution in [0.1, 0.15) is 25.3 Å². The SMILES string of the molecule is CCCCN(CCO)CC(=O)Nc1ccc(N)cc1C. The molecule has 20 heavy (non-hydrogen) atoms. The van der Waals surface area contributed by atoms with Crippen molar-refractivity contribution in [3.05, 3.63) is 23.8 Å². The Morgan fingerprint density at radius 2 is 2.15 bits per heavy atom. The first-order valence-corrected chi connectivity index (χ1v) is 7.06. The lowest BCUT2D eigenvalue weighted by atomic mass is 10.2. The number of nitrogens with two attached hydrogens (primary N) is 1. The first-order chi connectivity index (χ1) is 9.56. The second-order valence-electron chi connectivity index (χ2n) is 4.98. The van der Waals surface area contributed by atoms with Crippen LogP contribution in [0.25, 0.3) is 0 Å². The molecule has 1 aromatic carbocycles. The van der Waals surface area contributed by atoms with Gasteiger partial charge < -0.3 is 16.2 Å². The van der Waals surface area contributed by atoms with Gasteiger partial charge in [-0.05, 0) is 43.7 Å². The van der Waals surface area contributed by atoms with Gasteiger partial charge in [-0.3, -0.25) is 9.69 Å². The number of aliphatic hydroxyl groups is 1. The average Bonchev–Trinajstić information content (AvgIpc) is 2.39. The standard InChI is InChI=1S/C15H25N3O2/c1-3-4-7-18(8-9-19)11-15(20)17-14-6-5-13(16)10-12(14)2/h5-6,10,19H,3-4,7-9,11,16H2,1-2H3,(H,17,20). The Hall–Kier alpha value is -1.59. The second kappa shape index (κ2) is 8.55. The number of nitrogens with zero attached hydrogens (tertiary/aromatic N) is 1. The van der Waals surface area contributed by atoms with Gasteiger partial charge in [-0.25, -0.2) is 0 Å². The summed E-state index contributed by atoms with van der Waals surface area (Å²) in [6.45, 7) is 5.73. The maximum Gasteiger partial charge on any atom is 0.238 e. The Morgan fingerprint density at radius 1 is 1.40 bits per heavy atom. The van der Waals surface area contributed by atoms with Gasteiger partial charge in [0, 0.05) is 17.9 Å². The highest BCUT2D eigenvalue weighted by Gasteiger charge is 2.11. The first-order valence-electron chi connectivity index (χ1n) is 7.06. The highest BCUT2D eigenvalue weighted by molar-refractivity contribution is 5.93. The summed E-state index contributed by atoms with van der Waals surface area (Å²) in [6.07, 6.45) is 2.09. The first kappa shape index (κ1) is 16.5. The quantitative estimate of drug-likeness (QED) is 0.632. The number of unbranched alkanes of at least 4 members (excludes halogenated alkanes) is 1. The molecule has 1 rings (SSSR count). The fraction of sp³-hybridized carbons (Fsp3) is 0.533. The predicted molar refractivity (Wildman–Crippen MR) is 82.7 cm³/mol. The molecule has 0 radical (unpaired) electrons. The van der Waals surface area contributed by atoms with E-state index in [0.29, 0.717) is 18.8 Å². The summed E-state index contributed by atoms with van der Waals surface area (Å²) >= 11 is 0. The minimum atomic E-state index is -0.0672. The zero-order chi connectivity index (χ0) is 15.0. The Bertz CT molecular complexity index is 435. The Morgan fingerprint density at radius 3 is 2.75 bits per heavy atom. The second-order valence-corrected chi connectivity index (χ2v) is 4.98. The molecule has 0 aliphatic carbocycles. The highest BCUT2D eigenvalue weighted by atomic mass is 16.3. The van der Waals surface area contributed by atoms with Crippen LogP contribution in [-0.4, -0.2) is 42.2 Å². The molecule has 0 aromatic heterocycles. The molecule has 0 saturated heterocycles. The molecule has 0 bridgehead atoms. The molecule has 0 heterocycles. The third-order valence-corrected chi connectivity index (χ3v) is 3.14. The van der Waals surface area contributed by atoms with E-state index in [2.05, 4.69) is 12.2 Å². The molecule has 1 amide bonds. The summed E-state index contributed by atoms with van der Waals surface area (Å²) in [5.74, 6) is -0.0672. The summed E-state index contributed by atoms with van der Waals surface area (Å²) in [7, 11) is 0. The highest BCUT2D eigenvalue weighted by Crippen LogP contribution is 2.17. The van der Waals surface area contributed by atoms with Crippen LogP contribution in [-0.2, 0) is 4.79 Å². The number of nitrogens with one attached hydrogen (secondary N) is 1. The molecule has 5 heteroatoms. The molecule has 112 valence electrons. The molecule has 0 atom stereocenters. The molecule has 0 unspecified atom stereocenters. The largest absolute Gasteiger partial charge is 0.399 e. The Kier molecular flexibility index (Phi) is 7.04. The van der Waals surface area contributed by atoms with Crippen molar-refractivity contribution in [2.45, 2.75) is 26.7 Å². The van der Waals surface area contributed by atoms with Crippen LogP contribution < -0.4 is 11.1 Å². The minimum Gasteiger partial charge on any atom is -0.399 e. The van der Waals surface area contributed by atoms with Gasteiger partial charge in [0.05, 0.1) is 13.2 Å². The summed E-state index contributed by atoms with van der Waals surface area (Å²) in [6, 6.07) is 5.41. The summed E-state index contributed by atoms with van der Waals surface area (Å²) < 4.78 is 0. The number of hydrogen-bond acceptors (Lipinski definition) is 4. The number of rotatable bonds is 8. The van der Waals surface area contributed by atoms with Gasteiger partial charge in [0.25, 0.3) is 0 Å². The Labute approximate surface area is 120 Å². The maximum absolute atomic E-state index is 12.0. The number of hydrogen-bond donors (Lipinski definition) is 3. The summed E-state index contributed by atoms with van der Waals surface area (Å²) in [4.78, 5) is 14.0. The third kappa shape index (κ3) is 5.59. The number of nitrogen functional groups attached to an aromatic ring is 1. The lowest BCUT2D eigenvalue weighted by Gasteiger charge is -2.20. The van der Waals surface area contributed by atoms with Crippen LogP contribution >= 0.6 is 0 Å². The molecule has 4 N–H and O–H groups in total. The Balaban J connectivity index is 2.55. The van der Waals surface area contributed by atoms with Crippen molar-refractivity contribution in [2.24, 2.45) is 0 Å². The number of benzene rings is 1. The molecular weight excluding hydrogens is 254 g/mol. The molecule has 0 saturated carbocycles. The monoisotopic (exact) mass is 279 g/mol. The van der Waals surface area contributed by atoms with Gasteiger partial charge in [0.1, 0.15) is 0 Å². The van der Waals surface area contributed by atoms with Gasteiger partial charge in [0.2, 0.25) is 5.91 Å². The topological polar surface area (TPSA) is 78.6 Å². The van der Waals surface area contributed by atoms with E-state index in [1.807, 2.05) is 24.0 Å². The van der Waals surface area contributed by atoms with Crippen molar-refractivity contribution in [3.63, 3.8) is 0 Å². The number of anilines is 2. The van der Waals surface area contributed by atoms with Crippen molar-refractivity contribution in [2.75, 3.05) is 37.3 Å². The maximum atomic E-state index is 12.0. The van der Waals surface area contributed by atoms with E-state index in [1.54, 1.807) is 6.07 Å². The van der Waals surface area contributed by atoms with Crippen molar-refractivity contribution < 1.29 is 9.90 Å². The number of aryl methyl sites for hydroxylation is 1. The van der Waals surface area contributed by atoms with Crippen LogP contribution in [0.15, 0.2) is 18.2 Å². The van der Waals surface area contributed by atoms with E-state index in [-0.39, 0.29) is 12.5 Å². The zero-order valence-electron chi connectivity index (χ0n) is 12.4. The van der Waals surface area contributed by atoms with Crippen LogP contribution in [0, 0.1) is 6.92 Å². The van der Waals surface area contributed by atoms with Gasteiger partial charge in [0.15, 0.2) is 0 Å². The number of aliphatic hydroxyl groups excluding tert-OH is 1. The minimum absolute atomic E-state index is 0.0672. The fourth-order valence-electron chi connectivity index (χ4n) is 2.01. The zero-order valence-corrected chi connectivity index (χ0v) is 12.4. The molecule has 0 spiro atoms. The van der Waals surface area contributed by atoms with E-state index in [4.69, 9.17) is 10.8 Å². The lowest BCUT2D eigenvalue weighted by Crippen LogP contribution is -2.36. The molecule has 0 fully saturated rings. The van der Waals surface area contributed by atoms with Crippen LogP contribution in [0.2, 0.25) is 0 Å². The van der Waals surface area contributed by atoms with Gasteiger partial charge in [-0.15, -0.1) is 0 Å². The lowest BCUT2D eigenvalue weighted by molar-refractivity contribution is -0.117. The normalized spacial score (nSPS) is 10.8. The number of carbonyl (C=O) groups is 1. The molecule has 0 aliphatic heterocycles. The molecule has 5 nitrogen and oxygen atoms in total. The van der Waals surface area contributed by atoms with Crippen molar-refractivity contribution in [3.8, 4) is 0 Å². The van der Waals surface area contributed by atoms with E-state index in [1.165, 1.54) is 0 Å². The van der Waals surface area contributed by atoms with E-state index in [0.717, 1.165) is 30.6 Å². The van der Waals surface area contributed by atoms with Crippen LogP contribution in [0.4, 0.5) is 11.4 Å². The number of carbonyl (C=O) groups excluding carboxylic acids is 1. The number of amides is 1. The van der Waals surface area contributed by atoms with Gasteiger partial charge in [-0.2, -0.15) is 0 Å². The summed E-state index contributed by atoms with van der Waals surface area (Å²) in [5.41, 5.74) is 8.10. The summed E-state index contributed by atoms with van der Waals surface area (Å²) in [5, 5.41) is 11.9. The predicted octanol–water partition coefficient (Wildman–Crippen LogP) is 1.61. The molecular formula is C15H25N3O2. The van der Waals surface area contributed by atoms with Crippen LogP contribution in [0.5, 0.6) is 0 Å². The molecule has 0 aliphatic rings. The van der Waals surface area contributed by atoms with Gasteiger partial charge >= 0.3 is 0 Å². The van der Waals surface area contributed by atoms with E-state index >= 15 is 0 Å². The third-order valence-electron chi connectivity index (χ3n) is 3.14. The molecule has 1 aromatic rings. The van der Waals surface area contributed by atoms with E-state index in [9.17, 15) is 4.79 Å². The average molecular weight is 279 g/mol. The van der Waals surface area contributed by atoms with Crippen molar-refractivity contribution in [1.29, 1.82) is 0 Å². The van der Waals surface area contributed by atoms with Crippen molar-refractivity contribution >= 4 is 17.3 Å².